The van der Waals surface area contributed by atoms with E-state index in [2.05, 4.69) is 43.1 Å². The Morgan fingerprint density at radius 3 is 2.45 bits per heavy atom. The van der Waals surface area contributed by atoms with E-state index in [0.29, 0.717) is 25.6 Å². The molecule has 0 bridgehead atoms. The van der Waals surface area contributed by atoms with Crippen molar-refractivity contribution in [3.63, 3.8) is 0 Å². The first-order valence-corrected chi connectivity index (χ1v) is 13.7. The fraction of sp³-hybridized carbons (Fsp3) is 0.400. The average Bonchev–Trinajstić information content (AvgIpc) is 3.09. The van der Waals surface area contributed by atoms with Gasteiger partial charge in [0.15, 0.2) is 5.65 Å². The van der Waals surface area contributed by atoms with Gasteiger partial charge in [0.05, 0.1) is 16.8 Å². The number of carbonyl (C=O) groups is 1. The van der Waals surface area contributed by atoms with Gasteiger partial charge in [0, 0.05) is 38.3 Å². The molecular weight excluding hydrogens is 474 g/mol. The molecule has 5 rings (SSSR count). The average molecular weight is 512 g/mol. The van der Waals surface area contributed by atoms with Crippen LogP contribution >= 0.6 is 0 Å². The van der Waals surface area contributed by atoms with Crippen molar-refractivity contribution in [1.29, 1.82) is 0 Å². The van der Waals surface area contributed by atoms with Gasteiger partial charge in [-0.1, -0.05) is 51.1 Å². The van der Waals surface area contributed by atoms with E-state index in [1.807, 2.05) is 59.0 Å². The Labute approximate surface area is 224 Å². The molecule has 0 aliphatic carbocycles. The van der Waals surface area contributed by atoms with Crippen LogP contribution in [0.4, 0.5) is 16.3 Å². The molecule has 2 amide bonds. The van der Waals surface area contributed by atoms with Crippen molar-refractivity contribution in [3.05, 3.63) is 71.7 Å². The minimum atomic E-state index is -0.0586. The predicted octanol–water partition coefficient (Wildman–Crippen LogP) is 5.94. The third kappa shape index (κ3) is 5.35. The first-order chi connectivity index (χ1) is 18.4. The van der Waals surface area contributed by atoms with Gasteiger partial charge in [-0.3, -0.25) is 0 Å². The molecule has 0 saturated carbocycles. The standard InChI is InChI=1S/C30H37N7O/c1-5-10-26-32-28(27-22(4)34-37(29(27)33-26)25-11-7-6-8-12-25)35-17-9-18-36(20-19-35)30(38)31-24-15-13-23(14-16-24)21(2)3/h6-8,11-16,21H,5,9-10,17-20H2,1-4H3,(H,31,38). The minimum absolute atomic E-state index is 0.0586. The summed E-state index contributed by atoms with van der Waals surface area (Å²) in [5.74, 6) is 2.21. The normalized spacial score (nSPS) is 14.2. The molecule has 1 saturated heterocycles. The van der Waals surface area contributed by atoms with Crippen molar-refractivity contribution in [1.82, 2.24) is 24.6 Å². The summed E-state index contributed by atoms with van der Waals surface area (Å²) in [4.78, 5) is 27.3. The number of hydrogen-bond acceptors (Lipinski definition) is 5. The Bertz CT molecular complexity index is 1400. The van der Waals surface area contributed by atoms with E-state index >= 15 is 0 Å². The second kappa shape index (κ2) is 11.2. The van der Waals surface area contributed by atoms with Gasteiger partial charge in [0.1, 0.15) is 11.6 Å². The fourth-order valence-corrected chi connectivity index (χ4v) is 5.01. The molecule has 2 aromatic carbocycles. The summed E-state index contributed by atoms with van der Waals surface area (Å²) in [6, 6.07) is 18.2. The number of para-hydroxylation sites is 1. The van der Waals surface area contributed by atoms with E-state index in [4.69, 9.17) is 15.1 Å². The summed E-state index contributed by atoms with van der Waals surface area (Å²) in [7, 11) is 0. The number of anilines is 2. The van der Waals surface area contributed by atoms with Gasteiger partial charge in [0.2, 0.25) is 0 Å². The van der Waals surface area contributed by atoms with Crippen LogP contribution in [-0.2, 0) is 6.42 Å². The fourth-order valence-electron chi connectivity index (χ4n) is 5.01. The second-order valence-corrected chi connectivity index (χ2v) is 10.3. The van der Waals surface area contributed by atoms with Crippen LogP contribution in [0.1, 0.15) is 56.6 Å². The molecule has 198 valence electrons. The van der Waals surface area contributed by atoms with Gasteiger partial charge in [-0.2, -0.15) is 5.10 Å². The van der Waals surface area contributed by atoms with E-state index in [1.165, 1.54) is 5.56 Å². The van der Waals surface area contributed by atoms with E-state index in [1.54, 1.807) is 0 Å². The number of nitrogens with zero attached hydrogens (tertiary/aromatic N) is 6. The van der Waals surface area contributed by atoms with Crippen LogP contribution in [0.3, 0.4) is 0 Å². The molecular formula is C30H37N7O. The van der Waals surface area contributed by atoms with Crippen LogP contribution in [0.15, 0.2) is 54.6 Å². The van der Waals surface area contributed by atoms with Crippen LogP contribution in [-0.4, -0.2) is 56.9 Å². The number of aryl methyl sites for hydroxylation is 2. The predicted molar refractivity (Wildman–Crippen MR) is 153 cm³/mol. The van der Waals surface area contributed by atoms with Crippen LogP contribution < -0.4 is 10.2 Å². The summed E-state index contributed by atoms with van der Waals surface area (Å²) in [5.41, 5.74) is 4.82. The van der Waals surface area contributed by atoms with Gasteiger partial charge in [-0.15, -0.1) is 0 Å². The highest BCUT2D eigenvalue weighted by molar-refractivity contribution is 5.91. The molecule has 8 nitrogen and oxygen atoms in total. The number of hydrogen-bond donors (Lipinski definition) is 1. The molecule has 38 heavy (non-hydrogen) atoms. The Hall–Kier alpha value is -3.94. The van der Waals surface area contributed by atoms with Gasteiger partial charge in [0.25, 0.3) is 0 Å². The zero-order valence-corrected chi connectivity index (χ0v) is 22.8. The number of fused-ring (bicyclic) bond motifs is 1. The molecule has 1 aliphatic rings. The van der Waals surface area contributed by atoms with Gasteiger partial charge < -0.3 is 15.1 Å². The van der Waals surface area contributed by atoms with Crippen LogP contribution in [0.5, 0.6) is 0 Å². The maximum absolute atomic E-state index is 13.1. The van der Waals surface area contributed by atoms with Crippen LogP contribution in [0.25, 0.3) is 16.7 Å². The Morgan fingerprint density at radius 2 is 1.74 bits per heavy atom. The molecule has 1 aliphatic heterocycles. The molecule has 0 atom stereocenters. The smallest absolute Gasteiger partial charge is 0.321 e. The lowest BCUT2D eigenvalue weighted by Crippen LogP contribution is -2.38. The Balaban J connectivity index is 1.39. The highest BCUT2D eigenvalue weighted by Gasteiger charge is 2.25. The third-order valence-corrected chi connectivity index (χ3v) is 7.12. The zero-order valence-electron chi connectivity index (χ0n) is 22.8. The summed E-state index contributed by atoms with van der Waals surface area (Å²) < 4.78 is 1.93. The molecule has 0 radical (unpaired) electrons. The van der Waals surface area contributed by atoms with E-state index in [9.17, 15) is 4.79 Å². The molecule has 2 aromatic heterocycles. The van der Waals surface area contributed by atoms with Gasteiger partial charge in [-0.25, -0.2) is 19.4 Å². The summed E-state index contributed by atoms with van der Waals surface area (Å²) >= 11 is 0. The maximum atomic E-state index is 13.1. The molecule has 1 fully saturated rings. The first-order valence-electron chi connectivity index (χ1n) is 13.7. The lowest BCUT2D eigenvalue weighted by Gasteiger charge is -2.24. The molecule has 4 aromatic rings. The number of nitrogens with one attached hydrogen (secondary N) is 1. The van der Waals surface area contributed by atoms with Crippen LogP contribution in [0, 0.1) is 6.92 Å². The van der Waals surface area contributed by atoms with Crippen LogP contribution in [0.2, 0.25) is 0 Å². The maximum Gasteiger partial charge on any atom is 0.321 e. The number of urea groups is 1. The highest BCUT2D eigenvalue weighted by atomic mass is 16.2. The number of carbonyl (C=O) groups excluding carboxylic acids is 1. The van der Waals surface area contributed by atoms with Crippen molar-refractivity contribution >= 4 is 28.6 Å². The molecule has 0 unspecified atom stereocenters. The molecule has 3 heterocycles. The second-order valence-electron chi connectivity index (χ2n) is 10.3. The molecule has 8 heteroatoms. The van der Waals surface area contributed by atoms with E-state index in [-0.39, 0.29) is 6.03 Å². The quantitative estimate of drug-likeness (QED) is 0.346. The van der Waals surface area contributed by atoms with Crippen molar-refractivity contribution in [2.24, 2.45) is 0 Å². The molecule has 0 spiro atoms. The summed E-state index contributed by atoms with van der Waals surface area (Å²) in [6.45, 7) is 11.3. The topological polar surface area (TPSA) is 79.2 Å². The monoisotopic (exact) mass is 511 g/mol. The summed E-state index contributed by atoms with van der Waals surface area (Å²) in [5, 5.41) is 8.92. The lowest BCUT2D eigenvalue weighted by atomic mass is 10.0. The number of aromatic nitrogens is 4. The van der Waals surface area contributed by atoms with Gasteiger partial charge in [-0.05, 0) is 55.5 Å². The Morgan fingerprint density at radius 1 is 0.974 bits per heavy atom. The van der Waals surface area contributed by atoms with E-state index < -0.39 is 0 Å². The first kappa shape index (κ1) is 25.7. The number of amides is 2. The zero-order chi connectivity index (χ0) is 26.6. The molecule has 1 N–H and O–H groups in total. The largest absolute Gasteiger partial charge is 0.354 e. The van der Waals surface area contributed by atoms with Gasteiger partial charge >= 0.3 is 6.03 Å². The highest BCUT2D eigenvalue weighted by Crippen LogP contribution is 2.30. The van der Waals surface area contributed by atoms with E-state index in [0.717, 1.165) is 65.6 Å². The third-order valence-electron chi connectivity index (χ3n) is 7.12. The van der Waals surface area contributed by atoms with Crippen molar-refractivity contribution < 1.29 is 4.79 Å². The summed E-state index contributed by atoms with van der Waals surface area (Å²) in [6.07, 6.45) is 2.63. The van der Waals surface area contributed by atoms with Crippen molar-refractivity contribution in [2.75, 3.05) is 36.4 Å². The lowest BCUT2D eigenvalue weighted by molar-refractivity contribution is 0.215. The number of benzene rings is 2. The SMILES string of the molecule is CCCc1nc(N2CCCN(C(=O)Nc3ccc(C(C)C)cc3)CC2)c2c(C)nn(-c3ccccc3)c2n1. The van der Waals surface area contributed by atoms with Crippen molar-refractivity contribution in [3.8, 4) is 5.69 Å². The minimum Gasteiger partial charge on any atom is -0.354 e. The Kier molecular flexibility index (Phi) is 7.58. The van der Waals surface area contributed by atoms with Crippen molar-refractivity contribution in [2.45, 2.75) is 52.9 Å². The number of rotatable bonds is 6.